The maximum atomic E-state index is 12.4. The normalized spacial score (nSPS) is 15.9. The van der Waals surface area contributed by atoms with Crippen LogP contribution in [0.1, 0.15) is 49.9 Å². The summed E-state index contributed by atoms with van der Waals surface area (Å²) in [5.41, 5.74) is 0.684. The van der Waals surface area contributed by atoms with Crippen molar-refractivity contribution in [1.29, 1.82) is 0 Å². The maximum Gasteiger partial charge on any atom is 0.381 e. The van der Waals surface area contributed by atoms with Gasteiger partial charge >= 0.3 is 5.97 Å². The molecule has 7 nitrogen and oxygen atoms in total. The highest BCUT2D eigenvalue weighted by Crippen LogP contribution is 2.40. The minimum absolute atomic E-state index is 0.153. The van der Waals surface area contributed by atoms with E-state index in [1.807, 2.05) is 13.8 Å². The lowest BCUT2D eigenvalue weighted by Gasteiger charge is -2.34. The molecule has 0 aromatic heterocycles. The molecule has 0 atom stereocenters. The lowest BCUT2D eigenvalue weighted by atomic mass is 9.68. The molecule has 1 aliphatic carbocycles. The van der Waals surface area contributed by atoms with Gasteiger partial charge in [-0.15, -0.1) is 0 Å². The second-order valence-corrected chi connectivity index (χ2v) is 6.85. The molecule has 0 unspecified atom stereocenters. The number of benzene rings is 1. The molecule has 1 aromatic carbocycles. The van der Waals surface area contributed by atoms with Gasteiger partial charge < -0.3 is 14.8 Å². The first-order valence-electron chi connectivity index (χ1n) is 9.19. The van der Waals surface area contributed by atoms with Crippen molar-refractivity contribution in [2.75, 3.05) is 19.2 Å². The molecule has 0 bridgehead atoms. The zero-order chi connectivity index (χ0) is 20.7. The molecule has 7 heteroatoms. The summed E-state index contributed by atoms with van der Waals surface area (Å²) in [4.78, 5) is 48.3. The number of anilines is 1. The number of rotatable bonds is 8. The molecular weight excluding hydrogens is 362 g/mol. The summed E-state index contributed by atoms with van der Waals surface area (Å²) in [6.07, 6.45) is 3.75. The van der Waals surface area contributed by atoms with E-state index in [1.165, 1.54) is 25.4 Å². The highest BCUT2D eigenvalue weighted by molar-refractivity contribution is 6.40. The Hall–Kier alpha value is -2.80. The quantitative estimate of drug-likeness (QED) is 0.183. The zero-order valence-corrected chi connectivity index (χ0v) is 16.4. The average Bonchev–Trinajstić information content (AvgIpc) is 2.71. The Kier molecular flexibility index (Phi) is 7.23. The van der Waals surface area contributed by atoms with Gasteiger partial charge in [0.2, 0.25) is 0 Å². The van der Waals surface area contributed by atoms with Crippen molar-refractivity contribution in [2.24, 2.45) is 5.41 Å². The van der Waals surface area contributed by atoms with Gasteiger partial charge in [0, 0.05) is 37.4 Å². The summed E-state index contributed by atoms with van der Waals surface area (Å²) in [5, 5.41) is 2.92. The molecule has 1 saturated carbocycles. The van der Waals surface area contributed by atoms with Gasteiger partial charge in [-0.05, 0) is 42.5 Å². The molecule has 1 fully saturated rings. The van der Waals surface area contributed by atoms with Gasteiger partial charge in [0.05, 0.1) is 5.57 Å². The van der Waals surface area contributed by atoms with Crippen LogP contribution in [0.15, 0.2) is 36.0 Å². The van der Waals surface area contributed by atoms with Gasteiger partial charge in [-0.25, -0.2) is 4.79 Å². The van der Waals surface area contributed by atoms with Crippen LogP contribution in [0.2, 0.25) is 0 Å². The molecule has 1 aromatic rings. The number of esters is 1. The SMILES string of the molecule is CCC1(CC)CC(=O)C(=CNc2ccc(C(=O)C(=O)OCOC)cc2)C(=O)C1. The van der Waals surface area contributed by atoms with Crippen LogP contribution in [0.5, 0.6) is 0 Å². The van der Waals surface area contributed by atoms with Crippen molar-refractivity contribution in [1.82, 2.24) is 0 Å². The van der Waals surface area contributed by atoms with E-state index >= 15 is 0 Å². The van der Waals surface area contributed by atoms with Crippen molar-refractivity contribution in [3.05, 3.63) is 41.6 Å². The predicted octanol–water partition coefficient (Wildman–Crippen LogP) is 3.05. The molecule has 2 rings (SSSR count). The smallest absolute Gasteiger partial charge is 0.381 e. The van der Waals surface area contributed by atoms with E-state index < -0.39 is 11.8 Å². The Labute approximate surface area is 164 Å². The van der Waals surface area contributed by atoms with Crippen LogP contribution in [0.3, 0.4) is 0 Å². The molecule has 0 heterocycles. The third-order valence-electron chi connectivity index (χ3n) is 5.20. The van der Waals surface area contributed by atoms with Crippen LogP contribution < -0.4 is 5.32 Å². The Morgan fingerprint density at radius 1 is 1.07 bits per heavy atom. The number of ether oxygens (including phenoxy) is 2. The number of carbonyl (C=O) groups is 4. The van der Waals surface area contributed by atoms with E-state index in [2.05, 4.69) is 14.8 Å². The maximum absolute atomic E-state index is 12.4. The van der Waals surface area contributed by atoms with Gasteiger partial charge in [-0.3, -0.25) is 14.4 Å². The molecule has 1 N–H and O–H groups in total. The van der Waals surface area contributed by atoms with Crippen LogP contribution in [-0.4, -0.2) is 37.2 Å². The number of hydrogen-bond donors (Lipinski definition) is 1. The number of carbonyl (C=O) groups excluding carboxylic acids is 4. The monoisotopic (exact) mass is 387 g/mol. The summed E-state index contributed by atoms with van der Waals surface area (Å²) in [6, 6.07) is 6.07. The van der Waals surface area contributed by atoms with Crippen LogP contribution in [0.25, 0.3) is 0 Å². The van der Waals surface area contributed by atoms with E-state index in [4.69, 9.17) is 0 Å². The molecule has 28 heavy (non-hydrogen) atoms. The molecule has 0 saturated heterocycles. The summed E-state index contributed by atoms with van der Waals surface area (Å²) in [6.45, 7) is 3.72. The van der Waals surface area contributed by atoms with Crippen molar-refractivity contribution in [3.63, 3.8) is 0 Å². The fraction of sp³-hybridized carbons (Fsp3) is 0.429. The predicted molar refractivity (Wildman–Crippen MR) is 103 cm³/mol. The number of hydrogen-bond acceptors (Lipinski definition) is 7. The summed E-state index contributed by atoms with van der Waals surface area (Å²) in [7, 11) is 1.35. The molecule has 0 aliphatic heterocycles. The summed E-state index contributed by atoms with van der Waals surface area (Å²) >= 11 is 0. The van der Waals surface area contributed by atoms with E-state index in [0.717, 1.165) is 12.8 Å². The van der Waals surface area contributed by atoms with Crippen molar-refractivity contribution >= 4 is 29.0 Å². The average molecular weight is 387 g/mol. The van der Waals surface area contributed by atoms with Gasteiger partial charge in [0.15, 0.2) is 18.4 Å². The second kappa shape index (κ2) is 9.41. The highest BCUT2D eigenvalue weighted by atomic mass is 16.7. The molecule has 0 radical (unpaired) electrons. The summed E-state index contributed by atoms with van der Waals surface area (Å²) < 4.78 is 9.20. The molecule has 0 amide bonds. The van der Waals surface area contributed by atoms with Crippen molar-refractivity contribution in [2.45, 2.75) is 39.5 Å². The first-order valence-corrected chi connectivity index (χ1v) is 9.19. The fourth-order valence-electron chi connectivity index (χ4n) is 3.17. The fourth-order valence-corrected chi connectivity index (χ4v) is 3.17. The van der Waals surface area contributed by atoms with Crippen molar-refractivity contribution < 1.29 is 28.7 Å². The molecule has 1 aliphatic rings. The minimum Gasteiger partial charge on any atom is -0.432 e. The molecule has 150 valence electrons. The third kappa shape index (κ3) is 4.92. The first kappa shape index (κ1) is 21.5. The summed E-state index contributed by atoms with van der Waals surface area (Å²) in [5.74, 6) is -2.09. The molecular formula is C21H25NO6. The second-order valence-electron chi connectivity index (χ2n) is 6.85. The number of methoxy groups -OCH3 is 1. The highest BCUT2D eigenvalue weighted by Gasteiger charge is 2.39. The Morgan fingerprint density at radius 3 is 2.14 bits per heavy atom. The van der Waals surface area contributed by atoms with Gasteiger partial charge in [0.1, 0.15) is 0 Å². The Morgan fingerprint density at radius 2 is 1.64 bits per heavy atom. The van der Waals surface area contributed by atoms with Crippen molar-refractivity contribution in [3.8, 4) is 0 Å². The molecule has 0 spiro atoms. The minimum atomic E-state index is -1.00. The number of Topliss-reactive ketones (excluding diaryl/α,β-unsaturated/α-hetero) is 3. The van der Waals surface area contributed by atoms with Crippen LogP contribution in [-0.2, 0) is 23.9 Å². The standard InChI is InChI=1S/C21H25NO6/c1-4-21(5-2)10-17(23)16(18(24)11-21)12-22-15-8-6-14(7-9-15)19(25)20(26)28-13-27-3/h6-9,12,22H,4-5,10-11,13H2,1-3H3. The Balaban J connectivity index is 2.05. The van der Waals surface area contributed by atoms with Crippen LogP contribution in [0.4, 0.5) is 5.69 Å². The van der Waals surface area contributed by atoms with E-state index in [1.54, 1.807) is 12.1 Å². The van der Waals surface area contributed by atoms with E-state index in [0.29, 0.717) is 18.5 Å². The lowest BCUT2D eigenvalue weighted by Crippen LogP contribution is -2.35. The van der Waals surface area contributed by atoms with E-state index in [9.17, 15) is 19.2 Å². The van der Waals surface area contributed by atoms with E-state index in [-0.39, 0.29) is 34.9 Å². The largest absolute Gasteiger partial charge is 0.432 e. The number of nitrogens with one attached hydrogen (secondary N) is 1. The van der Waals surface area contributed by atoms with Gasteiger partial charge in [-0.1, -0.05) is 13.8 Å². The number of allylic oxidation sites excluding steroid dienone is 1. The van der Waals surface area contributed by atoms with Gasteiger partial charge in [-0.2, -0.15) is 0 Å². The first-order chi connectivity index (χ1) is 13.4. The zero-order valence-electron chi connectivity index (χ0n) is 16.4. The lowest BCUT2D eigenvalue weighted by molar-refractivity contribution is -0.148. The van der Waals surface area contributed by atoms with Crippen LogP contribution in [0, 0.1) is 5.41 Å². The van der Waals surface area contributed by atoms with Gasteiger partial charge in [0.25, 0.3) is 5.78 Å². The Bertz CT molecular complexity index is 768. The topological polar surface area (TPSA) is 98.8 Å². The van der Waals surface area contributed by atoms with Crippen LogP contribution >= 0.6 is 0 Å². The third-order valence-corrected chi connectivity index (χ3v) is 5.20. The number of ketones is 3.